The maximum Gasteiger partial charge on any atom is 0.326 e. The molecule has 0 spiro atoms. The Kier molecular flexibility index (Phi) is 6.02. The molecule has 2 N–H and O–H groups in total. The predicted octanol–water partition coefficient (Wildman–Crippen LogP) is -0.209. The summed E-state index contributed by atoms with van der Waals surface area (Å²) in [5, 5.41) is 11.0. The van der Waals surface area contributed by atoms with Crippen LogP contribution in [0.5, 0.6) is 0 Å². The van der Waals surface area contributed by atoms with Crippen LogP contribution in [-0.4, -0.2) is 42.9 Å². The molecule has 0 aliphatic heterocycles. The number of carboxylic acids is 1. The minimum atomic E-state index is -3.07. The molecular formula is C9H17NO5S. The first-order valence-electron chi connectivity index (χ1n) is 4.99. The Balaban J connectivity index is 4.14. The zero-order chi connectivity index (χ0) is 12.8. The summed E-state index contributed by atoms with van der Waals surface area (Å²) < 4.78 is 22.3. The van der Waals surface area contributed by atoms with Crippen molar-refractivity contribution < 1.29 is 23.1 Å². The largest absolute Gasteiger partial charge is 0.480 e. The molecule has 0 fully saturated rings. The minimum Gasteiger partial charge on any atom is -0.480 e. The van der Waals surface area contributed by atoms with Gasteiger partial charge in [-0.1, -0.05) is 6.92 Å². The van der Waals surface area contributed by atoms with Crippen molar-refractivity contribution in [3.05, 3.63) is 0 Å². The zero-order valence-corrected chi connectivity index (χ0v) is 10.2. The van der Waals surface area contributed by atoms with Crippen molar-refractivity contribution in [2.24, 2.45) is 0 Å². The first kappa shape index (κ1) is 14.9. The number of rotatable bonds is 7. The lowest BCUT2D eigenvalue weighted by Crippen LogP contribution is -2.39. The summed E-state index contributed by atoms with van der Waals surface area (Å²) in [6.45, 7) is 2.76. The Morgan fingerprint density at radius 3 is 2.31 bits per heavy atom. The molecule has 1 unspecified atom stereocenters. The first-order chi connectivity index (χ1) is 7.28. The molecule has 1 atom stereocenters. The fourth-order valence-electron chi connectivity index (χ4n) is 1.15. The maximum atomic E-state index is 11.1. The molecule has 0 bridgehead atoms. The van der Waals surface area contributed by atoms with Gasteiger partial charge in [0.05, 0.1) is 5.75 Å². The molecule has 0 aromatic rings. The molecule has 0 saturated carbocycles. The third-order valence-electron chi connectivity index (χ3n) is 2.06. The SMILES string of the molecule is CCS(=O)(=O)CCCC(NC(C)=O)C(=O)O. The molecule has 0 radical (unpaired) electrons. The van der Waals surface area contributed by atoms with E-state index in [1.165, 1.54) is 13.8 Å². The van der Waals surface area contributed by atoms with Crippen molar-refractivity contribution >= 4 is 21.7 Å². The molecule has 0 aliphatic rings. The van der Waals surface area contributed by atoms with Crippen LogP contribution in [-0.2, 0) is 19.4 Å². The van der Waals surface area contributed by atoms with Gasteiger partial charge in [-0.25, -0.2) is 13.2 Å². The minimum absolute atomic E-state index is 0.0465. The fraction of sp³-hybridized carbons (Fsp3) is 0.778. The quantitative estimate of drug-likeness (QED) is 0.652. The van der Waals surface area contributed by atoms with Gasteiger partial charge in [0.25, 0.3) is 0 Å². The van der Waals surface area contributed by atoms with E-state index in [-0.39, 0.29) is 24.3 Å². The van der Waals surface area contributed by atoms with Crippen LogP contribution >= 0.6 is 0 Å². The molecule has 0 aromatic carbocycles. The van der Waals surface area contributed by atoms with Gasteiger partial charge in [-0.2, -0.15) is 0 Å². The third-order valence-corrected chi connectivity index (χ3v) is 3.85. The van der Waals surface area contributed by atoms with Crippen LogP contribution in [0.3, 0.4) is 0 Å². The van der Waals surface area contributed by atoms with Crippen molar-refractivity contribution in [3.63, 3.8) is 0 Å². The number of hydrogen-bond donors (Lipinski definition) is 2. The molecule has 0 aliphatic carbocycles. The van der Waals surface area contributed by atoms with Crippen molar-refractivity contribution in [1.29, 1.82) is 0 Å². The Bertz CT molecular complexity index is 349. The van der Waals surface area contributed by atoms with Gasteiger partial charge < -0.3 is 10.4 Å². The normalized spacial score (nSPS) is 13.1. The highest BCUT2D eigenvalue weighted by molar-refractivity contribution is 7.91. The highest BCUT2D eigenvalue weighted by atomic mass is 32.2. The highest BCUT2D eigenvalue weighted by Gasteiger charge is 2.19. The van der Waals surface area contributed by atoms with Gasteiger partial charge >= 0.3 is 5.97 Å². The molecule has 16 heavy (non-hydrogen) atoms. The lowest BCUT2D eigenvalue weighted by atomic mass is 10.2. The average molecular weight is 251 g/mol. The van der Waals surface area contributed by atoms with Crippen molar-refractivity contribution in [2.45, 2.75) is 32.7 Å². The van der Waals surface area contributed by atoms with Crippen molar-refractivity contribution in [3.8, 4) is 0 Å². The van der Waals surface area contributed by atoms with E-state index >= 15 is 0 Å². The van der Waals surface area contributed by atoms with Crippen LogP contribution in [0, 0.1) is 0 Å². The van der Waals surface area contributed by atoms with Gasteiger partial charge in [0.1, 0.15) is 15.9 Å². The zero-order valence-electron chi connectivity index (χ0n) is 9.39. The number of sulfone groups is 1. The average Bonchev–Trinajstić information content (AvgIpc) is 2.15. The van der Waals surface area contributed by atoms with Crippen LogP contribution < -0.4 is 5.32 Å². The molecule has 0 rings (SSSR count). The number of amides is 1. The van der Waals surface area contributed by atoms with E-state index in [0.29, 0.717) is 0 Å². The topological polar surface area (TPSA) is 101 Å². The number of nitrogens with one attached hydrogen (secondary N) is 1. The second kappa shape index (κ2) is 6.47. The standard InChI is InChI=1S/C9H17NO5S/c1-3-16(14,15)6-4-5-8(9(12)13)10-7(2)11/h8H,3-6H2,1-2H3,(H,10,11)(H,12,13). The fourth-order valence-corrected chi connectivity index (χ4v) is 2.05. The summed E-state index contributed by atoms with van der Waals surface area (Å²) in [6.07, 6.45) is 0.349. The third kappa shape index (κ3) is 6.39. The van der Waals surface area contributed by atoms with Crippen LogP contribution in [0.4, 0.5) is 0 Å². The highest BCUT2D eigenvalue weighted by Crippen LogP contribution is 2.02. The molecule has 6 nitrogen and oxygen atoms in total. The lowest BCUT2D eigenvalue weighted by Gasteiger charge is -2.12. The Morgan fingerprint density at radius 2 is 1.94 bits per heavy atom. The summed E-state index contributed by atoms with van der Waals surface area (Å²) in [5.41, 5.74) is 0. The molecule has 1 amide bonds. The van der Waals surface area contributed by atoms with Crippen LogP contribution in [0.2, 0.25) is 0 Å². The van der Waals surface area contributed by atoms with Crippen molar-refractivity contribution in [1.82, 2.24) is 5.32 Å². The molecular weight excluding hydrogens is 234 g/mol. The van der Waals surface area contributed by atoms with Gasteiger partial charge in [0.2, 0.25) is 5.91 Å². The van der Waals surface area contributed by atoms with E-state index < -0.39 is 27.8 Å². The van der Waals surface area contributed by atoms with Gasteiger partial charge in [0.15, 0.2) is 0 Å². The molecule has 7 heteroatoms. The van der Waals surface area contributed by atoms with Crippen LogP contribution in [0.25, 0.3) is 0 Å². The van der Waals surface area contributed by atoms with E-state index in [2.05, 4.69) is 5.32 Å². The molecule has 0 saturated heterocycles. The van der Waals surface area contributed by atoms with E-state index in [4.69, 9.17) is 5.11 Å². The summed E-state index contributed by atoms with van der Waals surface area (Å²) in [6, 6.07) is -1.01. The Labute approximate surface area is 95.0 Å². The van der Waals surface area contributed by atoms with Gasteiger partial charge in [-0.05, 0) is 12.8 Å². The van der Waals surface area contributed by atoms with E-state index in [9.17, 15) is 18.0 Å². The second-order valence-electron chi connectivity index (χ2n) is 3.47. The monoisotopic (exact) mass is 251 g/mol. The first-order valence-corrected chi connectivity index (χ1v) is 6.81. The van der Waals surface area contributed by atoms with Gasteiger partial charge in [-0.15, -0.1) is 0 Å². The molecule has 94 valence electrons. The maximum absolute atomic E-state index is 11.1. The van der Waals surface area contributed by atoms with E-state index in [0.717, 1.165) is 0 Å². The van der Waals surface area contributed by atoms with Gasteiger partial charge in [-0.3, -0.25) is 4.79 Å². The Hall–Kier alpha value is -1.11. The Morgan fingerprint density at radius 1 is 1.38 bits per heavy atom. The van der Waals surface area contributed by atoms with Crippen LogP contribution in [0.15, 0.2) is 0 Å². The second-order valence-corrected chi connectivity index (χ2v) is 5.94. The lowest BCUT2D eigenvalue weighted by molar-refractivity contribution is -0.141. The molecule has 0 heterocycles. The number of aliphatic carboxylic acids is 1. The number of carbonyl (C=O) groups excluding carboxylic acids is 1. The van der Waals surface area contributed by atoms with Crippen molar-refractivity contribution in [2.75, 3.05) is 11.5 Å². The number of carboxylic acid groups (broad SMARTS) is 1. The van der Waals surface area contributed by atoms with E-state index in [1.54, 1.807) is 0 Å². The number of hydrogen-bond acceptors (Lipinski definition) is 4. The predicted molar refractivity (Wildman–Crippen MR) is 58.8 cm³/mol. The number of carbonyl (C=O) groups is 2. The van der Waals surface area contributed by atoms with E-state index in [1.807, 2.05) is 0 Å². The van der Waals surface area contributed by atoms with Gasteiger partial charge in [0, 0.05) is 12.7 Å². The summed E-state index contributed by atoms with van der Waals surface area (Å²) in [7, 11) is -3.07. The van der Waals surface area contributed by atoms with Crippen LogP contribution in [0.1, 0.15) is 26.7 Å². The smallest absolute Gasteiger partial charge is 0.326 e. The summed E-state index contributed by atoms with van der Waals surface area (Å²) in [4.78, 5) is 21.4. The summed E-state index contributed by atoms with van der Waals surface area (Å²) in [5.74, 6) is -1.59. The molecule has 0 aromatic heterocycles. The summed E-state index contributed by atoms with van der Waals surface area (Å²) >= 11 is 0.